The van der Waals surface area contributed by atoms with Crippen molar-refractivity contribution in [2.45, 2.75) is 6.42 Å². The van der Waals surface area contributed by atoms with Gasteiger partial charge in [0, 0.05) is 24.9 Å². The minimum atomic E-state index is -0.403. The molecule has 3 rings (SSSR count). The van der Waals surface area contributed by atoms with Crippen LogP contribution in [0.4, 0.5) is 5.82 Å². The zero-order chi connectivity index (χ0) is 14.8. The Labute approximate surface area is 120 Å². The second kappa shape index (κ2) is 5.53. The van der Waals surface area contributed by atoms with Crippen molar-refractivity contribution >= 4 is 28.5 Å². The maximum atomic E-state index is 12.1. The number of hydrogen-bond donors (Lipinski definition) is 3. The van der Waals surface area contributed by atoms with E-state index in [9.17, 15) is 9.59 Å². The summed E-state index contributed by atoms with van der Waals surface area (Å²) in [4.78, 5) is 25.6. The number of carbonyl (C=O) groups excluding carboxylic acids is 2. The van der Waals surface area contributed by atoms with E-state index in [0.717, 1.165) is 10.9 Å². The number of benzene rings is 1. The molecule has 7 nitrogen and oxygen atoms in total. The van der Waals surface area contributed by atoms with Crippen LogP contribution in [0.15, 0.2) is 24.3 Å². The highest BCUT2D eigenvalue weighted by Gasteiger charge is 2.36. The van der Waals surface area contributed by atoms with E-state index in [0.29, 0.717) is 12.4 Å². The molecule has 3 N–H and O–H groups in total. The highest BCUT2D eigenvalue weighted by atomic mass is 16.3. The average molecular weight is 288 g/mol. The quantitative estimate of drug-likeness (QED) is 0.739. The molecule has 2 heterocycles. The smallest absolute Gasteiger partial charge is 0.229 e. The molecule has 0 radical (unpaired) electrons. The number of amides is 2. The summed E-state index contributed by atoms with van der Waals surface area (Å²) in [5.74, 6) is -0.163. The van der Waals surface area contributed by atoms with Gasteiger partial charge in [0.25, 0.3) is 0 Å². The van der Waals surface area contributed by atoms with Gasteiger partial charge in [-0.3, -0.25) is 19.6 Å². The van der Waals surface area contributed by atoms with Gasteiger partial charge in [-0.15, -0.1) is 0 Å². The van der Waals surface area contributed by atoms with Gasteiger partial charge in [0.05, 0.1) is 18.0 Å². The number of carbonyl (C=O) groups is 2. The zero-order valence-electron chi connectivity index (χ0n) is 11.4. The van der Waals surface area contributed by atoms with Crippen LogP contribution in [0.3, 0.4) is 0 Å². The Morgan fingerprint density at radius 3 is 3.10 bits per heavy atom. The zero-order valence-corrected chi connectivity index (χ0v) is 11.4. The maximum Gasteiger partial charge on any atom is 0.229 e. The minimum Gasteiger partial charge on any atom is -0.395 e. The fourth-order valence-electron chi connectivity index (χ4n) is 2.57. The molecule has 1 aromatic heterocycles. The highest BCUT2D eigenvalue weighted by Crippen LogP contribution is 2.29. The molecule has 1 fully saturated rings. The number of aliphatic hydroxyl groups is 1. The number of para-hydroxylation sites is 1. The predicted molar refractivity (Wildman–Crippen MR) is 76.6 cm³/mol. The van der Waals surface area contributed by atoms with Crippen molar-refractivity contribution in [3.8, 4) is 0 Å². The Hall–Kier alpha value is -2.41. The standard InChI is InChI=1S/C14H16N4O3/c19-6-5-15-14(21)9-7-12(20)18(8-9)13-10-3-1-2-4-11(10)16-17-13/h1-4,9,19H,5-8H2,(H,15,21)(H,16,17)/t9-/m1/s1. The van der Waals surface area contributed by atoms with Crippen molar-refractivity contribution in [3.05, 3.63) is 24.3 Å². The SMILES string of the molecule is O=C(NCCO)[C@@H]1CC(=O)N(c2n[nH]c3ccccc23)C1. The van der Waals surface area contributed by atoms with E-state index in [4.69, 9.17) is 5.11 Å². The number of aromatic nitrogens is 2. The summed E-state index contributed by atoms with van der Waals surface area (Å²) in [5, 5.41) is 19.3. The molecule has 0 unspecified atom stereocenters. The van der Waals surface area contributed by atoms with Crippen molar-refractivity contribution < 1.29 is 14.7 Å². The Balaban J connectivity index is 1.80. The van der Waals surface area contributed by atoms with E-state index in [1.807, 2.05) is 24.3 Å². The van der Waals surface area contributed by atoms with Crippen LogP contribution in [0.25, 0.3) is 10.9 Å². The van der Waals surface area contributed by atoms with E-state index in [1.54, 1.807) is 4.90 Å². The molecule has 110 valence electrons. The van der Waals surface area contributed by atoms with Gasteiger partial charge in [-0.1, -0.05) is 12.1 Å². The van der Waals surface area contributed by atoms with Gasteiger partial charge in [0.15, 0.2) is 5.82 Å². The lowest BCUT2D eigenvalue weighted by atomic mass is 10.1. The molecule has 0 saturated carbocycles. The molecular weight excluding hydrogens is 272 g/mol. The molecule has 0 spiro atoms. The van der Waals surface area contributed by atoms with Crippen LogP contribution in [-0.2, 0) is 9.59 Å². The van der Waals surface area contributed by atoms with Crippen molar-refractivity contribution in [1.29, 1.82) is 0 Å². The molecule has 1 aliphatic heterocycles. The van der Waals surface area contributed by atoms with Gasteiger partial charge >= 0.3 is 0 Å². The Kier molecular flexibility index (Phi) is 3.57. The Morgan fingerprint density at radius 1 is 1.48 bits per heavy atom. The number of H-pyrrole nitrogens is 1. The lowest BCUT2D eigenvalue weighted by Gasteiger charge is -2.14. The van der Waals surface area contributed by atoms with E-state index in [-0.39, 0.29) is 31.4 Å². The second-order valence-electron chi connectivity index (χ2n) is 5.01. The third-order valence-corrected chi connectivity index (χ3v) is 3.61. The lowest BCUT2D eigenvalue weighted by Crippen LogP contribution is -2.34. The number of nitrogens with one attached hydrogen (secondary N) is 2. The normalized spacial score (nSPS) is 18.4. The second-order valence-corrected chi connectivity index (χ2v) is 5.01. The van der Waals surface area contributed by atoms with Crippen LogP contribution < -0.4 is 10.2 Å². The van der Waals surface area contributed by atoms with E-state index < -0.39 is 5.92 Å². The van der Waals surface area contributed by atoms with Crippen molar-refractivity contribution in [1.82, 2.24) is 15.5 Å². The van der Waals surface area contributed by atoms with Gasteiger partial charge in [0.1, 0.15) is 0 Å². The van der Waals surface area contributed by atoms with Crippen LogP contribution in [0.1, 0.15) is 6.42 Å². The molecule has 2 aromatic rings. The van der Waals surface area contributed by atoms with Crippen LogP contribution in [-0.4, -0.2) is 46.8 Å². The largest absolute Gasteiger partial charge is 0.395 e. The number of aliphatic hydroxyl groups excluding tert-OH is 1. The van der Waals surface area contributed by atoms with Gasteiger partial charge in [-0.2, -0.15) is 5.10 Å². The first-order valence-corrected chi connectivity index (χ1v) is 6.82. The first-order valence-electron chi connectivity index (χ1n) is 6.82. The summed E-state index contributed by atoms with van der Waals surface area (Å²) < 4.78 is 0. The molecule has 1 aromatic carbocycles. The van der Waals surface area contributed by atoms with Crippen LogP contribution in [0.5, 0.6) is 0 Å². The predicted octanol–water partition coefficient (Wildman–Crippen LogP) is 0.0243. The number of aromatic amines is 1. The van der Waals surface area contributed by atoms with Crippen molar-refractivity contribution in [3.63, 3.8) is 0 Å². The summed E-state index contributed by atoms with van der Waals surface area (Å²) in [6.45, 7) is 0.403. The van der Waals surface area contributed by atoms with E-state index in [1.165, 1.54) is 0 Å². The summed E-state index contributed by atoms with van der Waals surface area (Å²) in [6.07, 6.45) is 0.165. The average Bonchev–Trinajstić information content (AvgIpc) is 3.08. The van der Waals surface area contributed by atoms with Gasteiger partial charge in [-0.05, 0) is 12.1 Å². The van der Waals surface area contributed by atoms with Gasteiger partial charge in [-0.25, -0.2) is 0 Å². The fourth-order valence-corrected chi connectivity index (χ4v) is 2.57. The molecule has 7 heteroatoms. The molecule has 0 bridgehead atoms. The molecule has 0 aliphatic carbocycles. The Bertz CT molecular complexity index is 682. The number of rotatable bonds is 4. The summed E-state index contributed by atoms with van der Waals surface area (Å²) in [6, 6.07) is 7.55. The lowest BCUT2D eigenvalue weighted by molar-refractivity contribution is -0.126. The third-order valence-electron chi connectivity index (χ3n) is 3.61. The van der Waals surface area contributed by atoms with Gasteiger partial charge in [0.2, 0.25) is 11.8 Å². The van der Waals surface area contributed by atoms with Gasteiger partial charge < -0.3 is 10.4 Å². The highest BCUT2D eigenvalue weighted by molar-refractivity contribution is 6.05. The summed E-state index contributed by atoms with van der Waals surface area (Å²) in [5.41, 5.74) is 0.855. The fraction of sp³-hybridized carbons (Fsp3) is 0.357. The first kappa shape index (κ1) is 13.6. The molecule has 21 heavy (non-hydrogen) atoms. The van der Waals surface area contributed by atoms with E-state index >= 15 is 0 Å². The topological polar surface area (TPSA) is 98.3 Å². The minimum absolute atomic E-state index is 0.111. The number of anilines is 1. The molecule has 1 saturated heterocycles. The third kappa shape index (κ3) is 2.47. The summed E-state index contributed by atoms with van der Waals surface area (Å²) in [7, 11) is 0. The van der Waals surface area contributed by atoms with Crippen molar-refractivity contribution in [2.75, 3.05) is 24.6 Å². The molecule has 1 aliphatic rings. The monoisotopic (exact) mass is 288 g/mol. The van der Waals surface area contributed by atoms with Crippen molar-refractivity contribution in [2.24, 2.45) is 5.92 Å². The van der Waals surface area contributed by atoms with Crippen LogP contribution in [0, 0.1) is 5.92 Å². The maximum absolute atomic E-state index is 12.1. The summed E-state index contributed by atoms with van der Waals surface area (Å²) >= 11 is 0. The number of fused-ring (bicyclic) bond motifs is 1. The molecular formula is C14H16N4O3. The number of nitrogens with zero attached hydrogens (tertiary/aromatic N) is 2. The van der Waals surface area contributed by atoms with Crippen LogP contribution >= 0.6 is 0 Å². The van der Waals surface area contributed by atoms with E-state index in [2.05, 4.69) is 15.5 Å². The van der Waals surface area contributed by atoms with Crippen LogP contribution in [0.2, 0.25) is 0 Å². The first-order chi connectivity index (χ1) is 10.2. The molecule has 1 atom stereocenters. The molecule has 2 amide bonds. The number of hydrogen-bond acceptors (Lipinski definition) is 4. The Morgan fingerprint density at radius 2 is 2.29 bits per heavy atom.